The number of hydrogen-bond donors (Lipinski definition) is 6. The van der Waals surface area contributed by atoms with E-state index < -0.39 is 34.9 Å². The Hall–Kier alpha value is -8.53. The van der Waals surface area contributed by atoms with Crippen LogP contribution in [0.5, 0.6) is 0 Å². The number of carboxylic acids is 2. The van der Waals surface area contributed by atoms with Crippen LogP contribution in [-0.2, 0) is 39.2 Å². The molecule has 12 rings (SSSR count). The summed E-state index contributed by atoms with van der Waals surface area (Å²) in [6.45, 7) is 32.9. The molecule has 4 aromatic heterocycles. The Labute approximate surface area is 519 Å². The van der Waals surface area contributed by atoms with Crippen LogP contribution in [0.2, 0.25) is 0 Å². The number of allylic oxidation sites excluding steroid dienone is 10. The van der Waals surface area contributed by atoms with E-state index in [1.807, 2.05) is 62.4 Å². The van der Waals surface area contributed by atoms with Gasteiger partial charge in [-0.15, -0.1) is 0 Å². The predicted molar refractivity (Wildman–Crippen MR) is 348 cm³/mol. The first-order valence-corrected chi connectivity index (χ1v) is 30.1. The third kappa shape index (κ3) is 9.87. The first kappa shape index (κ1) is 61.6. The summed E-state index contributed by atoms with van der Waals surface area (Å²) in [5.74, 6) is -1.78. The number of carboxylic acid groups (broad SMARTS) is 2. The number of nitrogens with one attached hydrogen (secondary N) is 4. The smallest absolute Gasteiger partial charge is 0.316 e. The number of aliphatic imine (C=N–C) groups is 4. The van der Waals surface area contributed by atoms with Crippen LogP contribution in [0.1, 0.15) is 143 Å². The Balaban J connectivity index is 0.000000190. The first-order valence-electron chi connectivity index (χ1n) is 30.1. The molecule has 0 fully saturated rings. The SMILES string of the molecule is CCC1=C(C)C2=C\C3NC(=C(C)C3(C)C(=O)O)/C(c3ccccn3)=C3N=C(/C=c4\[nH]\c(c(CC)c4C)=C/C1=N/2)C(C)=C\3C.CCC1=C(C)C2=C\C3NC(=C(C)C3(C)C(=O)O)/C(c3ccccn3)=C3N=C(/C=c4\[nH]\c(c(CC)c4C)=C/C1=N/2)C(C)=C\3C.[Co]. The monoisotopic (exact) mass is 1210 g/mol. The third-order valence-electron chi connectivity index (χ3n) is 19.8. The number of aromatic nitrogens is 4. The minimum Gasteiger partial charge on any atom is -0.481 e. The summed E-state index contributed by atoms with van der Waals surface area (Å²) in [4.78, 5) is 63.6. The summed E-state index contributed by atoms with van der Waals surface area (Å²) in [5.41, 5.74) is 24.1. The minimum atomic E-state index is -1.21. The molecule has 4 atom stereocenters. The van der Waals surface area contributed by atoms with Gasteiger partial charge in [-0.05, 0) is 247 Å². The van der Waals surface area contributed by atoms with E-state index in [4.69, 9.17) is 29.9 Å². The molecule has 12 heterocycles. The van der Waals surface area contributed by atoms with Crippen LogP contribution in [0, 0.1) is 24.7 Å². The Morgan fingerprint density at radius 2 is 0.851 bits per heavy atom. The molecule has 8 aliphatic heterocycles. The van der Waals surface area contributed by atoms with Crippen LogP contribution in [0.25, 0.3) is 35.5 Å². The second kappa shape index (κ2) is 23.3. The number of nitrogens with zero attached hydrogens (tertiary/aromatic N) is 6. The third-order valence-corrected chi connectivity index (χ3v) is 19.8. The summed E-state index contributed by atoms with van der Waals surface area (Å²) in [7, 11) is 0. The van der Waals surface area contributed by atoms with Crippen LogP contribution < -0.4 is 32.0 Å². The van der Waals surface area contributed by atoms with Crippen LogP contribution in [0.3, 0.4) is 0 Å². The average Bonchev–Trinajstić information content (AvgIpc) is 1.62. The minimum absolute atomic E-state index is 0. The van der Waals surface area contributed by atoms with Crippen LogP contribution in [-0.4, -0.2) is 77.0 Å². The number of rotatable bonds is 8. The van der Waals surface area contributed by atoms with Gasteiger partial charge in [-0.1, -0.05) is 39.8 Å². The average molecular weight is 1210 g/mol. The van der Waals surface area contributed by atoms with Gasteiger partial charge in [0.1, 0.15) is 10.8 Å². The van der Waals surface area contributed by atoms with Gasteiger partial charge < -0.3 is 30.8 Å². The molecule has 0 aliphatic carbocycles. The van der Waals surface area contributed by atoms with Crippen molar-refractivity contribution < 1.29 is 36.6 Å². The van der Waals surface area contributed by atoms with Crippen molar-refractivity contribution in [1.82, 2.24) is 30.6 Å². The van der Waals surface area contributed by atoms with E-state index in [2.05, 4.69) is 128 Å². The van der Waals surface area contributed by atoms with Gasteiger partial charge in [0.25, 0.3) is 0 Å². The number of H-pyrrole nitrogens is 2. The maximum atomic E-state index is 13.1. The van der Waals surface area contributed by atoms with Crippen molar-refractivity contribution in [2.24, 2.45) is 30.8 Å². The quantitative estimate of drug-likeness (QED) is 0.0999. The molecule has 87 heavy (non-hydrogen) atoms. The van der Waals surface area contributed by atoms with Crippen molar-refractivity contribution >= 4 is 70.2 Å². The van der Waals surface area contributed by atoms with Gasteiger partial charge in [-0.3, -0.25) is 19.6 Å². The van der Waals surface area contributed by atoms with Gasteiger partial charge in [0.05, 0.1) is 69.1 Å². The number of aromatic amines is 2. The fraction of sp³-hybridized carbons (Fsp3) is 0.333. The van der Waals surface area contributed by atoms with E-state index in [1.165, 1.54) is 33.4 Å². The maximum absolute atomic E-state index is 13.1. The molecule has 6 N–H and O–H groups in total. The van der Waals surface area contributed by atoms with Crippen molar-refractivity contribution in [2.45, 2.75) is 149 Å². The zero-order valence-electron chi connectivity index (χ0n) is 52.8. The van der Waals surface area contributed by atoms with Gasteiger partial charge in [-0.25, -0.2) is 20.0 Å². The Kier molecular flexibility index (Phi) is 16.5. The molecule has 4 unspecified atom stereocenters. The molecule has 0 saturated carbocycles. The zero-order valence-corrected chi connectivity index (χ0v) is 53.8. The van der Waals surface area contributed by atoms with E-state index in [0.717, 1.165) is 171 Å². The van der Waals surface area contributed by atoms with Crippen LogP contribution in [0.15, 0.2) is 171 Å². The Bertz CT molecular complexity index is 4180. The molecule has 0 saturated heterocycles. The molecular weight excluding hydrogens is 1130 g/mol. The summed E-state index contributed by atoms with van der Waals surface area (Å²) < 4.78 is 0. The second-order valence-electron chi connectivity index (χ2n) is 24.0. The molecule has 1 radical (unpaired) electrons. The molecule has 449 valence electrons. The molecule has 15 heteroatoms. The van der Waals surface area contributed by atoms with E-state index in [1.54, 1.807) is 26.2 Å². The summed E-state index contributed by atoms with van der Waals surface area (Å²) in [6.07, 6.45) is 19.5. The molecular formula is C72H78CoN10O4. The van der Waals surface area contributed by atoms with Crippen molar-refractivity contribution in [3.8, 4) is 0 Å². The summed E-state index contributed by atoms with van der Waals surface area (Å²) in [5, 5.41) is 32.9. The molecule has 14 nitrogen and oxygen atoms in total. The van der Waals surface area contributed by atoms with Gasteiger partial charge in [-0.2, -0.15) is 0 Å². The van der Waals surface area contributed by atoms with Gasteiger partial charge in [0.15, 0.2) is 0 Å². The summed E-state index contributed by atoms with van der Waals surface area (Å²) >= 11 is 0. The van der Waals surface area contributed by atoms with Crippen molar-refractivity contribution in [3.63, 3.8) is 0 Å². The van der Waals surface area contributed by atoms with Crippen molar-refractivity contribution in [3.05, 3.63) is 206 Å². The Morgan fingerprint density at radius 1 is 0.483 bits per heavy atom. The maximum Gasteiger partial charge on any atom is 0.316 e. The molecule has 0 spiro atoms. The number of pyridine rings is 2. The summed E-state index contributed by atoms with van der Waals surface area (Å²) in [6, 6.07) is 10.5. The van der Waals surface area contributed by atoms with Crippen molar-refractivity contribution in [2.75, 3.05) is 0 Å². The number of aliphatic carboxylic acids is 2. The fourth-order valence-corrected chi connectivity index (χ4v) is 13.5. The topological polar surface area (TPSA) is 205 Å². The van der Waals surface area contributed by atoms with E-state index in [-0.39, 0.29) is 16.8 Å². The van der Waals surface area contributed by atoms with E-state index in [9.17, 15) is 19.8 Å². The van der Waals surface area contributed by atoms with Gasteiger partial charge in [0, 0.05) is 73.1 Å². The second-order valence-corrected chi connectivity index (χ2v) is 24.0. The Morgan fingerprint density at radius 3 is 1.17 bits per heavy atom. The number of carbonyl (C=O) groups is 2. The zero-order chi connectivity index (χ0) is 61.6. The molecule has 0 aromatic carbocycles. The van der Waals surface area contributed by atoms with E-state index in [0.29, 0.717) is 0 Å². The standard InChI is InChI=1S/2C36H39N5O2.Co/c2*1-9-23-20(5)27-15-26-18(3)19(4)33(40-26)32(25-13-11-12-14-37-25)34-22(7)36(8,35(42)43)31(41-34)17-28-21(6)24(10-2)30(39-28)16-29(23)38-27;/h2*11-17,31,38,41H,9-10H2,1-8H3,(H,42,43);/b2*27-15-,28-17-,29-16-,33-32-;. The molecule has 4 aromatic rings. The fourth-order valence-electron chi connectivity index (χ4n) is 13.5. The van der Waals surface area contributed by atoms with E-state index >= 15 is 0 Å². The number of hydrogen-bond acceptors (Lipinski definition) is 10. The first-order chi connectivity index (χ1) is 41.0. The largest absolute Gasteiger partial charge is 0.481 e. The van der Waals surface area contributed by atoms with Gasteiger partial charge in [0.2, 0.25) is 0 Å². The van der Waals surface area contributed by atoms with Crippen LogP contribution in [0.4, 0.5) is 0 Å². The molecule has 16 bridgehead atoms. The normalized spacial score (nSPS) is 27.4. The van der Waals surface area contributed by atoms with Crippen LogP contribution >= 0.6 is 0 Å². The molecule has 0 amide bonds. The van der Waals surface area contributed by atoms with Crippen molar-refractivity contribution in [1.29, 1.82) is 0 Å². The number of fused-ring (bicyclic) bond motifs is 12. The predicted octanol–water partition coefficient (Wildman–Crippen LogP) is 10.9. The molecule has 8 aliphatic rings. The van der Waals surface area contributed by atoms with Gasteiger partial charge >= 0.3 is 11.9 Å².